The second-order valence-electron chi connectivity index (χ2n) is 6.22. The summed E-state index contributed by atoms with van der Waals surface area (Å²) >= 11 is 0. The first-order valence-corrected chi connectivity index (χ1v) is 6.47. The highest BCUT2D eigenvalue weighted by molar-refractivity contribution is 5.78. The number of nitrogens with one attached hydrogen (secondary N) is 1. The molecule has 1 atom stereocenters. The average Bonchev–Trinajstić information content (AvgIpc) is 2.99. The Balaban J connectivity index is 1.69. The van der Waals surface area contributed by atoms with E-state index in [1.54, 1.807) is 0 Å². The van der Waals surface area contributed by atoms with Gasteiger partial charge in [0.1, 0.15) is 0 Å². The molecule has 16 heavy (non-hydrogen) atoms. The Bertz CT molecular complexity index is 271. The summed E-state index contributed by atoms with van der Waals surface area (Å²) in [4.78, 5) is 13.7. The van der Waals surface area contributed by atoms with Gasteiger partial charge in [-0.3, -0.25) is 4.79 Å². The van der Waals surface area contributed by atoms with E-state index < -0.39 is 0 Å². The number of likely N-dealkylation sites (N-methyl/N-ethyl adjacent to an activating group) is 1. The monoisotopic (exact) mass is 224 g/mol. The van der Waals surface area contributed by atoms with Gasteiger partial charge >= 0.3 is 0 Å². The molecule has 3 heteroatoms. The van der Waals surface area contributed by atoms with Crippen LogP contribution in [0.4, 0.5) is 0 Å². The number of nitrogens with zero attached hydrogens (tertiary/aromatic N) is 1. The second-order valence-corrected chi connectivity index (χ2v) is 6.22. The van der Waals surface area contributed by atoms with Crippen molar-refractivity contribution >= 4 is 5.91 Å². The van der Waals surface area contributed by atoms with Crippen molar-refractivity contribution in [3.8, 4) is 0 Å². The summed E-state index contributed by atoms with van der Waals surface area (Å²) in [6.45, 7) is 5.15. The van der Waals surface area contributed by atoms with Crippen LogP contribution in [0, 0.1) is 5.41 Å². The lowest BCUT2D eigenvalue weighted by Crippen LogP contribution is -2.40. The first-order valence-electron chi connectivity index (χ1n) is 6.47. The fraction of sp³-hybridized carbons (Fsp3) is 0.923. The summed E-state index contributed by atoms with van der Waals surface area (Å²) in [6, 6.07) is 1.08. The van der Waals surface area contributed by atoms with Gasteiger partial charge in [-0.25, -0.2) is 0 Å². The number of hydrogen-bond donors (Lipinski definition) is 1. The lowest BCUT2D eigenvalue weighted by atomic mass is 9.92. The zero-order valence-electron chi connectivity index (χ0n) is 10.8. The molecule has 92 valence electrons. The van der Waals surface area contributed by atoms with Crippen LogP contribution in [-0.4, -0.2) is 36.5 Å². The molecule has 0 bridgehead atoms. The van der Waals surface area contributed by atoms with Gasteiger partial charge in [-0.2, -0.15) is 0 Å². The topological polar surface area (TPSA) is 32.3 Å². The molecule has 1 unspecified atom stereocenters. The third-order valence-corrected chi connectivity index (χ3v) is 4.00. The lowest BCUT2D eigenvalue weighted by molar-refractivity contribution is -0.129. The molecule has 0 heterocycles. The Kier molecular flexibility index (Phi) is 3.24. The van der Waals surface area contributed by atoms with Crippen molar-refractivity contribution in [3.05, 3.63) is 0 Å². The van der Waals surface area contributed by atoms with Gasteiger partial charge in [-0.1, -0.05) is 13.8 Å². The number of carbonyl (C=O) groups is 1. The summed E-state index contributed by atoms with van der Waals surface area (Å²) in [7, 11) is 1.93. The normalized spacial score (nSPS) is 28.1. The predicted molar refractivity (Wildman–Crippen MR) is 65.2 cm³/mol. The van der Waals surface area contributed by atoms with Crippen LogP contribution in [0.1, 0.15) is 46.0 Å². The molecule has 2 fully saturated rings. The van der Waals surface area contributed by atoms with Gasteiger partial charge in [0.2, 0.25) is 5.91 Å². The SMILES string of the molecule is CN(C(=O)CNC1CCC(C)(C)C1)C1CC1. The molecule has 1 amide bonds. The summed E-state index contributed by atoms with van der Waals surface area (Å²) in [5.74, 6) is 0.257. The van der Waals surface area contributed by atoms with Gasteiger partial charge in [-0.15, -0.1) is 0 Å². The summed E-state index contributed by atoms with van der Waals surface area (Å²) in [5, 5.41) is 3.41. The van der Waals surface area contributed by atoms with Crippen LogP contribution in [0.5, 0.6) is 0 Å². The fourth-order valence-electron chi connectivity index (χ4n) is 2.63. The summed E-state index contributed by atoms with van der Waals surface area (Å²) in [5.41, 5.74) is 0.461. The van der Waals surface area contributed by atoms with E-state index in [-0.39, 0.29) is 5.91 Å². The van der Waals surface area contributed by atoms with Crippen LogP contribution < -0.4 is 5.32 Å². The van der Waals surface area contributed by atoms with Crippen LogP contribution >= 0.6 is 0 Å². The number of carbonyl (C=O) groups excluding carboxylic acids is 1. The molecule has 0 aliphatic heterocycles. The Morgan fingerprint density at radius 1 is 1.38 bits per heavy atom. The Morgan fingerprint density at radius 3 is 2.56 bits per heavy atom. The molecule has 0 aromatic carbocycles. The molecule has 2 saturated carbocycles. The lowest BCUT2D eigenvalue weighted by Gasteiger charge is -2.20. The van der Waals surface area contributed by atoms with Crippen LogP contribution in [0.15, 0.2) is 0 Å². The van der Waals surface area contributed by atoms with E-state index in [1.807, 2.05) is 11.9 Å². The molecule has 2 rings (SSSR count). The molecule has 1 N–H and O–H groups in total. The second kappa shape index (κ2) is 4.36. The van der Waals surface area contributed by atoms with E-state index >= 15 is 0 Å². The van der Waals surface area contributed by atoms with E-state index in [1.165, 1.54) is 32.1 Å². The number of amides is 1. The van der Waals surface area contributed by atoms with Crippen LogP contribution in [0.2, 0.25) is 0 Å². The minimum atomic E-state index is 0.257. The quantitative estimate of drug-likeness (QED) is 0.789. The zero-order valence-corrected chi connectivity index (χ0v) is 10.8. The largest absolute Gasteiger partial charge is 0.342 e. The van der Waals surface area contributed by atoms with Gasteiger partial charge in [0.25, 0.3) is 0 Å². The molecule has 2 aliphatic rings. The molecule has 0 saturated heterocycles. The van der Waals surface area contributed by atoms with Gasteiger partial charge in [0, 0.05) is 19.1 Å². The minimum Gasteiger partial charge on any atom is -0.342 e. The van der Waals surface area contributed by atoms with Crippen molar-refractivity contribution in [1.29, 1.82) is 0 Å². The maximum atomic E-state index is 11.8. The zero-order chi connectivity index (χ0) is 11.8. The molecule has 2 aliphatic carbocycles. The van der Waals surface area contributed by atoms with Gasteiger partial charge in [0.05, 0.1) is 6.54 Å². The first kappa shape index (κ1) is 11.9. The smallest absolute Gasteiger partial charge is 0.236 e. The van der Waals surface area contributed by atoms with Crippen molar-refractivity contribution in [3.63, 3.8) is 0 Å². The summed E-state index contributed by atoms with van der Waals surface area (Å²) < 4.78 is 0. The Labute approximate surface area is 98.6 Å². The standard InChI is InChI=1S/C13H24N2O/c1-13(2)7-6-10(8-13)14-9-12(16)15(3)11-4-5-11/h10-11,14H,4-9H2,1-3H3. The van der Waals surface area contributed by atoms with Gasteiger partial charge < -0.3 is 10.2 Å². The third-order valence-electron chi connectivity index (χ3n) is 4.00. The number of hydrogen-bond acceptors (Lipinski definition) is 2. The van der Waals surface area contributed by atoms with E-state index in [9.17, 15) is 4.79 Å². The molecule has 0 radical (unpaired) electrons. The van der Waals surface area contributed by atoms with E-state index in [0.717, 1.165) is 0 Å². The molecule has 0 aromatic rings. The summed E-state index contributed by atoms with van der Waals surface area (Å²) in [6.07, 6.45) is 6.08. The van der Waals surface area contributed by atoms with Crippen molar-refractivity contribution in [2.24, 2.45) is 5.41 Å². The predicted octanol–water partition coefficient (Wildman–Crippen LogP) is 1.78. The van der Waals surface area contributed by atoms with Crippen molar-refractivity contribution in [2.75, 3.05) is 13.6 Å². The molecular weight excluding hydrogens is 200 g/mol. The Morgan fingerprint density at radius 2 is 2.06 bits per heavy atom. The van der Waals surface area contributed by atoms with Crippen molar-refractivity contribution < 1.29 is 4.79 Å². The highest BCUT2D eigenvalue weighted by Gasteiger charge is 2.32. The van der Waals surface area contributed by atoms with E-state index in [0.29, 0.717) is 24.0 Å². The molecule has 3 nitrogen and oxygen atoms in total. The Hall–Kier alpha value is -0.570. The maximum absolute atomic E-state index is 11.8. The van der Waals surface area contributed by atoms with Crippen molar-refractivity contribution in [2.45, 2.75) is 58.0 Å². The van der Waals surface area contributed by atoms with Gasteiger partial charge in [-0.05, 0) is 37.5 Å². The highest BCUT2D eigenvalue weighted by atomic mass is 16.2. The van der Waals surface area contributed by atoms with Crippen LogP contribution in [-0.2, 0) is 4.79 Å². The minimum absolute atomic E-state index is 0.257. The van der Waals surface area contributed by atoms with Crippen molar-refractivity contribution in [1.82, 2.24) is 10.2 Å². The molecular formula is C13H24N2O. The average molecular weight is 224 g/mol. The number of rotatable bonds is 4. The van der Waals surface area contributed by atoms with Gasteiger partial charge in [0.15, 0.2) is 0 Å². The van der Waals surface area contributed by atoms with E-state index in [2.05, 4.69) is 19.2 Å². The first-order chi connectivity index (χ1) is 7.48. The molecule has 0 aromatic heterocycles. The van der Waals surface area contributed by atoms with Crippen LogP contribution in [0.25, 0.3) is 0 Å². The third kappa shape index (κ3) is 2.97. The molecule has 0 spiro atoms. The van der Waals surface area contributed by atoms with E-state index in [4.69, 9.17) is 0 Å². The fourth-order valence-corrected chi connectivity index (χ4v) is 2.63. The highest BCUT2D eigenvalue weighted by Crippen LogP contribution is 2.36. The van der Waals surface area contributed by atoms with Crippen LogP contribution in [0.3, 0.4) is 0 Å². The maximum Gasteiger partial charge on any atom is 0.236 e.